The molecule has 1 heterocycles. The van der Waals surface area contributed by atoms with Gasteiger partial charge in [-0.15, -0.1) is 0 Å². The van der Waals surface area contributed by atoms with Crippen LogP contribution < -0.4 is 0 Å². The van der Waals surface area contributed by atoms with Crippen LogP contribution in [0, 0.1) is 0 Å². The second-order valence-corrected chi connectivity index (χ2v) is 13.5. The van der Waals surface area contributed by atoms with Crippen LogP contribution in [-0.4, -0.2) is 33.2 Å². The maximum atomic E-state index is 10.4. The Morgan fingerprint density at radius 1 is 1.00 bits per heavy atom. The fourth-order valence-corrected chi connectivity index (χ4v) is 9.58. The molecule has 0 bridgehead atoms. The Balaban J connectivity index is 3.28. The number of hydrogen-bond donors (Lipinski definition) is 2. The number of rotatable bonds is 2. The zero-order valence-electron chi connectivity index (χ0n) is 10.2. The van der Waals surface area contributed by atoms with Crippen molar-refractivity contribution in [2.24, 2.45) is 0 Å². The van der Waals surface area contributed by atoms with Crippen LogP contribution in [0.4, 0.5) is 0 Å². The van der Waals surface area contributed by atoms with E-state index in [0.29, 0.717) is 0 Å². The molecular formula is C11H24ClO2P. The molecule has 1 fully saturated rings. The Bertz CT molecular complexity index is 221. The van der Waals surface area contributed by atoms with Gasteiger partial charge in [-0.3, -0.25) is 0 Å². The standard InChI is InChI=1S/C11H24ClO2P/c1-8(2)15(12,9(3)4)10(13)6-5-7-11(15)14/h8-11,13-14H,5-7H2,1-4H3. The fourth-order valence-electron chi connectivity index (χ4n) is 3.20. The van der Waals surface area contributed by atoms with E-state index in [-0.39, 0.29) is 11.3 Å². The average molecular weight is 255 g/mol. The molecule has 1 aliphatic heterocycles. The first kappa shape index (κ1) is 13.7. The van der Waals surface area contributed by atoms with Crippen molar-refractivity contribution >= 4 is 17.2 Å². The Hall–Kier alpha value is 0.640. The van der Waals surface area contributed by atoms with Gasteiger partial charge in [0.2, 0.25) is 0 Å². The molecule has 0 aromatic carbocycles. The summed E-state index contributed by atoms with van der Waals surface area (Å²) in [6, 6.07) is 0. The third kappa shape index (κ3) is 1.57. The third-order valence-electron chi connectivity index (χ3n) is 4.36. The number of aliphatic hydroxyl groups is 2. The van der Waals surface area contributed by atoms with Gasteiger partial charge >= 0.3 is 97.4 Å². The predicted octanol–water partition coefficient (Wildman–Crippen LogP) is 3.33. The second-order valence-electron chi connectivity index (χ2n) is 5.36. The van der Waals surface area contributed by atoms with E-state index in [1.54, 1.807) is 0 Å². The van der Waals surface area contributed by atoms with E-state index in [1.165, 1.54) is 0 Å². The van der Waals surface area contributed by atoms with Gasteiger partial charge in [-0.25, -0.2) is 0 Å². The SMILES string of the molecule is CC(C)P1(Cl)(C(C)C)C(O)CCCC1O. The van der Waals surface area contributed by atoms with Crippen molar-refractivity contribution in [3.05, 3.63) is 0 Å². The van der Waals surface area contributed by atoms with Crippen LogP contribution in [0.15, 0.2) is 0 Å². The van der Waals surface area contributed by atoms with E-state index in [0.717, 1.165) is 19.3 Å². The molecule has 2 N–H and O–H groups in total. The number of aliphatic hydroxyl groups excluding tert-OH is 2. The monoisotopic (exact) mass is 254 g/mol. The minimum absolute atomic E-state index is 0.169. The van der Waals surface area contributed by atoms with Gasteiger partial charge in [0.1, 0.15) is 0 Å². The van der Waals surface area contributed by atoms with Crippen molar-refractivity contribution in [3.63, 3.8) is 0 Å². The molecule has 2 unspecified atom stereocenters. The van der Waals surface area contributed by atoms with Crippen molar-refractivity contribution in [1.29, 1.82) is 0 Å². The summed E-state index contributed by atoms with van der Waals surface area (Å²) in [5.41, 5.74) is 0.339. The molecule has 15 heavy (non-hydrogen) atoms. The molecule has 0 amide bonds. The van der Waals surface area contributed by atoms with Crippen molar-refractivity contribution in [2.45, 2.75) is 70.0 Å². The summed E-state index contributed by atoms with van der Waals surface area (Å²) in [6.45, 7) is 8.18. The van der Waals surface area contributed by atoms with Gasteiger partial charge in [-0.1, -0.05) is 0 Å². The van der Waals surface area contributed by atoms with E-state index < -0.39 is 17.6 Å². The van der Waals surface area contributed by atoms with Crippen LogP contribution in [0.2, 0.25) is 0 Å². The van der Waals surface area contributed by atoms with Crippen LogP contribution in [0.3, 0.4) is 0 Å². The predicted molar refractivity (Wildman–Crippen MR) is 68.9 cm³/mol. The first-order valence-electron chi connectivity index (χ1n) is 5.84. The summed E-state index contributed by atoms with van der Waals surface area (Å²) in [5, 5.41) is 20.7. The molecular weight excluding hydrogens is 231 g/mol. The summed E-state index contributed by atoms with van der Waals surface area (Å²) in [4.78, 5) is 0. The Labute approximate surface area is 97.7 Å². The summed E-state index contributed by atoms with van der Waals surface area (Å²) in [5.74, 6) is -3.94. The van der Waals surface area contributed by atoms with E-state index in [1.807, 2.05) is 27.7 Å². The molecule has 2 nitrogen and oxygen atoms in total. The maximum absolute atomic E-state index is 10.4. The summed E-state index contributed by atoms with van der Waals surface area (Å²) in [7, 11) is 0. The molecule has 0 spiro atoms. The van der Waals surface area contributed by atoms with Gasteiger partial charge in [0.15, 0.2) is 0 Å². The third-order valence-corrected chi connectivity index (χ3v) is 15.4. The Morgan fingerprint density at radius 3 is 1.53 bits per heavy atom. The van der Waals surface area contributed by atoms with Gasteiger partial charge in [0.05, 0.1) is 0 Å². The van der Waals surface area contributed by atoms with E-state index in [9.17, 15) is 10.2 Å². The summed E-state index contributed by atoms with van der Waals surface area (Å²) >= 11 is 6.93. The fraction of sp³-hybridized carbons (Fsp3) is 1.00. The van der Waals surface area contributed by atoms with E-state index in [4.69, 9.17) is 11.2 Å². The van der Waals surface area contributed by atoms with Gasteiger partial charge < -0.3 is 0 Å². The van der Waals surface area contributed by atoms with Crippen molar-refractivity contribution < 1.29 is 10.2 Å². The first-order chi connectivity index (χ1) is 6.76. The van der Waals surface area contributed by atoms with Gasteiger partial charge in [0, 0.05) is 0 Å². The van der Waals surface area contributed by atoms with Crippen LogP contribution in [0.25, 0.3) is 0 Å². The van der Waals surface area contributed by atoms with E-state index >= 15 is 0 Å². The first-order valence-corrected chi connectivity index (χ1v) is 9.26. The molecule has 1 saturated heterocycles. The van der Waals surface area contributed by atoms with E-state index in [2.05, 4.69) is 0 Å². The molecule has 0 aliphatic carbocycles. The van der Waals surface area contributed by atoms with Crippen molar-refractivity contribution in [1.82, 2.24) is 0 Å². The molecule has 0 saturated carbocycles. The van der Waals surface area contributed by atoms with Crippen molar-refractivity contribution in [2.75, 3.05) is 0 Å². The minimum atomic E-state index is -2.95. The van der Waals surface area contributed by atoms with Crippen LogP contribution in [-0.2, 0) is 0 Å². The topological polar surface area (TPSA) is 40.5 Å². The molecule has 92 valence electrons. The Kier molecular flexibility index (Phi) is 3.79. The van der Waals surface area contributed by atoms with Gasteiger partial charge in [0.25, 0.3) is 0 Å². The quantitative estimate of drug-likeness (QED) is 0.742. The Morgan fingerprint density at radius 2 is 1.33 bits per heavy atom. The van der Waals surface area contributed by atoms with Gasteiger partial charge in [-0.05, 0) is 0 Å². The zero-order chi connectivity index (χ0) is 11.9. The van der Waals surface area contributed by atoms with Crippen LogP contribution in [0.1, 0.15) is 47.0 Å². The molecule has 0 aromatic rings. The summed E-state index contributed by atoms with van der Waals surface area (Å²) < 4.78 is 0. The zero-order valence-corrected chi connectivity index (χ0v) is 11.8. The summed E-state index contributed by atoms with van der Waals surface area (Å²) in [6.07, 6.45) is 2.37. The molecule has 1 aliphatic rings. The second kappa shape index (κ2) is 4.14. The normalized spacial score (nSPS) is 37.5. The number of halogens is 1. The molecule has 0 aromatic heterocycles. The average Bonchev–Trinajstić information content (AvgIpc) is 2.13. The van der Waals surface area contributed by atoms with Gasteiger partial charge in [-0.2, -0.15) is 0 Å². The molecule has 0 radical (unpaired) electrons. The molecule has 1 rings (SSSR count). The van der Waals surface area contributed by atoms with Crippen LogP contribution in [0.5, 0.6) is 0 Å². The number of hydrogen-bond acceptors (Lipinski definition) is 2. The van der Waals surface area contributed by atoms with Crippen LogP contribution >= 0.6 is 17.2 Å². The molecule has 2 atom stereocenters. The van der Waals surface area contributed by atoms with Crippen molar-refractivity contribution in [3.8, 4) is 0 Å². The molecule has 4 heteroatoms.